The third-order valence-corrected chi connectivity index (χ3v) is 3.46. The Morgan fingerprint density at radius 1 is 0.952 bits per heavy atom. The van der Waals surface area contributed by atoms with Gasteiger partial charge in [0.05, 0.1) is 37.6 Å². The largest absolute Gasteiger partial charge is 0.382 e. The molecule has 5 nitrogen and oxygen atoms in total. The summed E-state index contributed by atoms with van der Waals surface area (Å²) < 4.78 is 29.0. The van der Waals surface area contributed by atoms with Crippen LogP contribution in [0, 0.1) is 0 Å². The summed E-state index contributed by atoms with van der Waals surface area (Å²) in [7, 11) is 1.67. The number of methoxy groups -OCH3 is 1. The second-order valence-electron chi connectivity index (χ2n) is 6.17. The predicted molar refractivity (Wildman–Crippen MR) is 81.6 cm³/mol. The molecule has 0 N–H and O–H groups in total. The Bertz CT molecular complexity index is 282. The number of ether oxygens (including phenoxy) is 5. The summed E-state index contributed by atoms with van der Waals surface area (Å²) in [4.78, 5) is 0. The van der Waals surface area contributed by atoms with Crippen molar-refractivity contribution in [2.45, 2.75) is 84.3 Å². The highest BCUT2D eigenvalue weighted by atomic mass is 16.6. The van der Waals surface area contributed by atoms with E-state index in [1.54, 1.807) is 7.11 Å². The van der Waals surface area contributed by atoms with Gasteiger partial charge in [0.25, 0.3) is 0 Å². The zero-order chi connectivity index (χ0) is 16.0. The molecule has 0 aromatic carbocycles. The van der Waals surface area contributed by atoms with E-state index in [1.165, 1.54) is 0 Å². The highest BCUT2D eigenvalue weighted by Gasteiger charge is 2.47. The van der Waals surface area contributed by atoms with Crippen LogP contribution in [0.1, 0.15) is 41.5 Å². The standard InChI is InChI=1S/C16H32O5/c1-10(2)19-13(6)15-16(20-11(3)4)14(12(5)21-15)18-9-8-17-7/h10-16H,8-9H2,1-7H3/t12-,13-,14-,15+,16-/m0/s1. The Hall–Kier alpha value is -0.200. The number of rotatable bonds is 9. The minimum absolute atomic E-state index is 0.0196. The van der Waals surface area contributed by atoms with Gasteiger partial charge in [-0.05, 0) is 41.5 Å². The molecule has 5 atom stereocenters. The van der Waals surface area contributed by atoms with Crippen molar-refractivity contribution in [1.29, 1.82) is 0 Å². The van der Waals surface area contributed by atoms with E-state index in [0.29, 0.717) is 13.2 Å². The molecule has 1 aliphatic rings. The molecule has 21 heavy (non-hydrogen) atoms. The fraction of sp³-hybridized carbons (Fsp3) is 1.00. The van der Waals surface area contributed by atoms with Gasteiger partial charge < -0.3 is 23.7 Å². The van der Waals surface area contributed by atoms with Crippen LogP contribution in [0.25, 0.3) is 0 Å². The highest BCUT2D eigenvalue weighted by Crippen LogP contribution is 2.30. The topological polar surface area (TPSA) is 46.2 Å². The van der Waals surface area contributed by atoms with Gasteiger partial charge in [0.2, 0.25) is 0 Å². The van der Waals surface area contributed by atoms with E-state index >= 15 is 0 Å². The molecule has 0 aromatic rings. The first-order chi connectivity index (χ1) is 9.86. The fourth-order valence-electron chi connectivity index (χ4n) is 2.71. The second-order valence-corrected chi connectivity index (χ2v) is 6.17. The first-order valence-corrected chi connectivity index (χ1v) is 7.93. The van der Waals surface area contributed by atoms with Crippen LogP contribution >= 0.6 is 0 Å². The van der Waals surface area contributed by atoms with Crippen molar-refractivity contribution >= 4 is 0 Å². The van der Waals surface area contributed by atoms with Gasteiger partial charge in [0, 0.05) is 7.11 Å². The van der Waals surface area contributed by atoms with E-state index in [-0.39, 0.29) is 42.7 Å². The summed E-state index contributed by atoms with van der Waals surface area (Å²) in [5.74, 6) is 0. The summed E-state index contributed by atoms with van der Waals surface area (Å²) in [6, 6.07) is 0. The van der Waals surface area contributed by atoms with E-state index in [1.807, 2.05) is 41.5 Å². The smallest absolute Gasteiger partial charge is 0.115 e. The van der Waals surface area contributed by atoms with Crippen LogP contribution in [-0.4, -0.2) is 63.1 Å². The maximum Gasteiger partial charge on any atom is 0.115 e. The van der Waals surface area contributed by atoms with Crippen LogP contribution in [0.15, 0.2) is 0 Å². The van der Waals surface area contributed by atoms with Gasteiger partial charge in [0.1, 0.15) is 18.3 Å². The van der Waals surface area contributed by atoms with Gasteiger partial charge in [-0.2, -0.15) is 0 Å². The Labute approximate surface area is 129 Å². The van der Waals surface area contributed by atoms with Crippen LogP contribution in [0.5, 0.6) is 0 Å². The van der Waals surface area contributed by atoms with Gasteiger partial charge in [-0.25, -0.2) is 0 Å². The Morgan fingerprint density at radius 3 is 2.14 bits per heavy atom. The average Bonchev–Trinajstić information content (AvgIpc) is 2.66. The lowest BCUT2D eigenvalue weighted by Gasteiger charge is -2.29. The molecule has 0 saturated carbocycles. The number of hydrogen-bond donors (Lipinski definition) is 0. The van der Waals surface area contributed by atoms with E-state index < -0.39 is 0 Å². The van der Waals surface area contributed by atoms with Crippen LogP contribution in [-0.2, 0) is 23.7 Å². The summed E-state index contributed by atoms with van der Waals surface area (Å²) in [6.45, 7) is 13.3. The monoisotopic (exact) mass is 304 g/mol. The molecule has 1 aliphatic heterocycles. The molecule has 0 aliphatic carbocycles. The van der Waals surface area contributed by atoms with Crippen LogP contribution in [0.2, 0.25) is 0 Å². The third kappa shape index (κ3) is 5.83. The first-order valence-electron chi connectivity index (χ1n) is 7.93. The SMILES string of the molecule is COCCO[C@@H]1[C@H](OC(C)C)[C@@H]([C@H](C)OC(C)C)O[C@H]1C. The van der Waals surface area contributed by atoms with Crippen molar-refractivity contribution in [1.82, 2.24) is 0 Å². The molecule has 0 unspecified atom stereocenters. The molecule has 1 fully saturated rings. The molecule has 0 amide bonds. The average molecular weight is 304 g/mol. The zero-order valence-electron chi connectivity index (χ0n) is 14.5. The highest BCUT2D eigenvalue weighted by molar-refractivity contribution is 4.94. The molecule has 0 spiro atoms. The third-order valence-electron chi connectivity index (χ3n) is 3.46. The Kier molecular flexibility index (Phi) is 8.13. The predicted octanol–water partition coefficient (Wildman–Crippen LogP) is 2.41. The molecule has 1 heterocycles. The minimum Gasteiger partial charge on any atom is -0.382 e. The van der Waals surface area contributed by atoms with Crippen molar-refractivity contribution in [3.63, 3.8) is 0 Å². The quantitative estimate of drug-likeness (QED) is 0.612. The summed E-state index contributed by atoms with van der Waals surface area (Å²) in [5, 5.41) is 0. The lowest BCUT2D eigenvalue weighted by atomic mass is 10.0. The zero-order valence-corrected chi connectivity index (χ0v) is 14.5. The van der Waals surface area contributed by atoms with Crippen molar-refractivity contribution in [2.75, 3.05) is 20.3 Å². The molecule has 5 heteroatoms. The normalized spacial score (nSPS) is 31.3. The fourth-order valence-corrected chi connectivity index (χ4v) is 2.71. The maximum atomic E-state index is 6.07. The maximum absolute atomic E-state index is 6.07. The second kappa shape index (κ2) is 9.06. The molecular formula is C16H32O5. The lowest BCUT2D eigenvalue weighted by Crippen LogP contribution is -2.44. The molecule has 1 saturated heterocycles. The van der Waals surface area contributed by atoms with Gasteiger partial charge in [-0.1, -0.05) is 0 Å². The summed E-state index contributed by atoms with van der Waals surface area (Å²) in [5.41, 5.74) is 0. The van der Waals surface area contributed by atoms with Gasteiger partial charge in [-0.3, -0.25) is 0 Å². The van der Waals surface area contributed by atoms with E-state index in [2.05, 4.69) is 0 Å². The molecule has 126 valence electrons. The molecular weight excluding hydrogens is 272 g/mol. The van der Waals surface area contributed by atoms with Crippen molar-refractivity contribution in [3.05, 3.63) is 0 Å². The Balaban J connectivity index is 2.73. The van der Waals surface area contributed by atoms with Crippen molar-refractivity contribution < 1.29 is 23.7 Å². The first kappa shape index (κ1) is 18.8. The van der Waals surface area contributed by atoms with Crippen LogP contribution in [0.4, 0.5) is 0 Å². The van der Waals surface area contributed by atoms with Crippen molar-refractivity contribution in [2.24, 2.45) is 0 Å². The Morgan fingerprint density at radius 2 is 1.62 bits per heavy atom. The van der Waals surface area contributed by atoms with E-state index in [9.17, 15) is 0 Å². The minimum atomic E-state index is -0.120. The molecule has 1 rings (SSSR count). The van der Waals surface area contributed by atoms with E-state index in [4.69, 9.17) is 23.7 Å². The van der Waals surface area contributed by atoms with Gasteiger partial charge in [-0.15, -0.1) is 0 Å². The summed E-state index contributed by atoms with van der Waals surface area (Å²) in [6.07, 6.45) is -0.104. The molecule has 0 aromatic heterocycles. The van der Waals surface area contributed by atoms with Crippen LogP contribution in [0.3, 0.4) is 0 Å². The van der Waals surface area contributed by atoms with Crippen molar-refractivity contribution in [3.8, 4) is 0 Å². The lowest BCUT2D eigenvalue weighted by molar-refractivity contribution is -0.130. The van der Waals surface area contributed by atoms with Crippen LogP contribution < -0.4 is 0 Å². The van der Waals surface area contributed by atoms with Gasteiger partial charge in [0.15, 0.2) is 0 Å². The van der Waals surface area contributed by atoms with E-state index in [0.717, 1.165) is 0 Å². The number of hydrogen-bond acceptors (Lipinski definition) is 5. The summed E-state index contributed by atoms with van der Waals surface area (Å²) >= 11 is 0. The molecule has 0 radical (unpaired) electrons. The molecule has 0 bridgehead atoms. The van der Waals surface area contributed by atoms with Gasteiger partial charge >= 0.3 is 0 Å².